The van der Waals surface area contributed by atoms with Gasteiger partial charge in [-0.2, -0.15) is 0 Å². The van der Waals surface area contributed by atoms with Gasteiger partial charge in [-0.1, -0.05) is 38.3 Å². The predicted molar refractivity (Wildman–Crippen MR) is 123 cm³/mol. The van der Waals surface area contributed by atoms with E-state index in [1.807, 2.05) is 12.1 Å². The molecule has 2 N–H and O–H groups in total. The molecule has 3 atom stereocenters. The maximum absolute atomic E-state index is 13.9. The second-order valence-electron chi connectivity index (χ2n) is 8.35. The topological polar surface area (TPSA) is 50.7 Å². The van der Waals surface area contributed by atoms with Crippen molar-refractivity contribution in [1.29, 1.82) is 0 Å². The molecule has 0 spiro atoms. The molecule has 2 aromatic rings. The van der Waals surface area contributed by atoms with Crippen molar-refractivity contribution in [3.05, 3.63) is 64.7 Å². The van der Waals surface area contributed by atoms with E-state index in [4.69, 9.17) is 9.47 Å². The SMILES string of the molecule is CCCCC[C@H]1Cc2cc(OC)c(OC)cc2[C@@H](C[C@H](O)/C=C/c2ccc(F)cc2F)N1. The van der Waals surface area contributed by atoms with E-state index >= 15 is 0 Å². The number of hydrogen-bond donors (Lipinski definition) is 2. The summed E-state index contributed by atoms with van der Waals surface area (Å²) < 4.78 is 38.0. The largest absolute Gasteiger partial charge is 0.493 e. The molecule has 3 rings (SSSR count). The van der Waals surface area contributed by atoms with Crippen LogP contribution in [0.2, 0.25) is 0 Å². The first-order valence-corrected chi connectivity index (χ1v) is 11.3. The molecule has 1 heterocycles. The lowest BCUT2D eigenvalue weighted by Gasteiger charge is -2.35. The van der Waals surface area contributed by atoms with Gasteiger partial charge in [0, 0.05) is 23.7 Å². The molecule has 1 aliphatic rings. The van der Waals surface area contributed by atoms with E-state index in [-0.39, 0.29) is 11.6 Å². The van der Waals surface area contributed by atoms with Crippen LogP contribution in [0.4, 0.5) is 8.78 Å². The van der Waals surface area contributed by atoms with Gasteiger partial charge in [-0.05, 0) is 54.7 Å². The Balaban J connectivity index is 1.80. The van der Waals surface area contributed by atoms with Crippen molar-refractivity contribution in [1.82, 2.24) is 5.32 Å². The molecule has 2 aromatic carbocycles. The summed E-state index contributed by atoms with van der Waals surface area (Å²) in [6.07, 6.45) is 8.13. The highest BCUT2D eigenvalue weighted by atomic mass is 19.1. The molecule has 0 radical (unpaired) electrons. The van der Waals surface area contributed by atoms with E-state index in [0.717, 1.165) is 30.9 Å². The highest BCUT2D eigenvalue weighted by Gasteiger charge is 2.29. The van der Waals surface area contributed by atoms with Gasteiger partial charge in [0.1, 0.15) is 11.6 Å². The molecular weight excluding hydrogens is 412 g/mol. The minimum absolute atomic E-state index is 0.0807. The van der Waals surface area contributed by atoms with Crippen LogP contribution in [-0.4, -0.2) is 31.5 Å². The molecule has 1 aliphatic heterocycles. The number of aliphatic hydroxyl groups is 1. The number of nitrogens with one attached hydrogen (secondary N) is 1. The number of benzene rings is 2. The number of methoxy groups -OCH3 is 2. The van der Waals surface area contributed by atoms with Crippen molar-refractivity contribution >= 4 is 6.08 Å². The molecule has 0 saturated carbocycles. The quantitative estimate of drug-likeness (QED) is 0.469. The zero-order chi connectivity index (χ0) is 23.1. The molecule has 0 fully saturated rings. The summed E-state index contributed by atoms with van der Waals surface area (Å²) in [6, 6.07) is 7.64. The van der Waals surface area contributed by atoms with Gasteiger partial charge < -0.3 is 19.9 Å². The fourth-order valence-electron chi connectivity index (χ4n) is 4.33. The number of rotatable bonds is 10. The molecular formula is C26H33F2NO3. The number of hydrogen-bond acceptors (Lipinski definition) is 4. The lowest BCUT2D eigenvalue weighted by Crippen LogP contribution is -2.40. The summed E-state index contributed by atoms with van der Waals surface area (Å²) in [4.78, 5) is 0. The smallest absolute Gasteiger partial charge is 0.161 e. The third-order valence-corrected chi connectivity index (χ3v) is 6.02. The molecule has 0 aliphatic carbocycles. The molecule has 4 nitrogen and oxygen atoms in total. The van der Waals surface area contributed by atoms with Crippen LogP contribution in [0.15, 0.2) is 36.4 Å². The van der Waals surface area contributed by atoms with Gasteiger partial charge in [-0.15, -0.1) is 0 Å². The van der Waals surface area contributed by atoms with Crippen LogP contribution in [0.5, 0.6) is 11.5 Å². The van der Waals surface area contributed by atoms with E-state index in [0.29, 0.717) is 24.0 Å². The Bertz CT molecular complexity index is 932. The standard InChI is InChI=1S/C26H33F2NO3/c1-4-5-6-7-20-12-18-13-25(31-2)26(32-3)16-22(18)24(29-20)15-21(30)11-9-17-8-10-19(27)14-23(17)28/h8-11,13-14,16,20-21,24,29-30H,4-7,12,15H2,1-3H3/b11-9+/t20-,21+,24+/m0/s1. The zero-order valence-electron chi connectivity index (χ0n) is 19.0. The van der Waals surface area contributed by atoms with Crippen LogP contribution in [0, 0.1) is 11.6 Å². The van der Waals surface area contributed by atoms with Crippen molar-refractivity contribution in [3.8, 4) is 11.5 Å². The Morgan fingerprint density at radius 3 is 2.56 bits per heavy atom. The summed E-state index contributed by atoms with van der Waals surface area (Å²) in [7, 11) is 3.24. The van der Waals surface area contributed by atoms with Crippen molar-refractivity contribution in [2.45, 2.75) is 63.6 Å². The fourth-order valence-corrected chi connectivity index (χ4v) is 4.33. The molecule has 174 valence electrons. The summed E-state index contributed by atoms with van der Waals surface area (Å²) in [6.45, 7) is 2.19. The van der Waals surface area contributed by atoms with Crippen LogP contribution in [0.25, 0.3) is 6.08 Å². The number of unbranched alkanes of at least 4 members (excludes halogenated alkanes) is 2. The lowest BCUT2D eigenvalue weighted by molar-refractivity contribution is 0.186. The van der Waals surface area contributed by atoms with Gasteiger partial charge in [0.15, 0.2) is 11.5 Å². The third kappa shape index (κ3) is 6.08. The van der Waals surface area contributed by atoms with Crippen molar-refractivity contribution in [2.24, 2.45) is 0 Å². The summed E-state index contributed by atoms with van der Waals surface area (Å²) in [5, 5.41) is 14.4. The highest BCUT2D eigenvalue weighted by molar-refractivity contribution is 5.51. The molecule has 32 heavy (non-hydrogen) atoms. The predicted octanol–water partition coefficient (Wildman–Crippen LogP) is 5.58. The van der Waals surface area contributed by atoms with E-state index < -0.39 is 17.7 Å². The maximum Gasteiger partial charge on any atom is 0.161 e. The van der Waals surface area contributed by atoms with E-state index in [1.165, 1.54) is 36.6 Å². The minimum atomic E-state index is -0.799. The Hall–Kier alpha value is -2.44. The van der Waals surface area contributed by atoms with Crippen LogP contribution in [-0.2, 0) is 6.42 Å². The monoisotopic (exact) mass is 445 g/mol. The van der Waals surface area contributed by atoms with Gasteiger partial charge in [0.2, 0.25) is 0 Å². The Labute approximate surface area is 189 Å². The van der Waals surface area contributed by atoms with E-state index in [9.17, 15) is 13.9 Å². The second kappa shape index (κ2) is 11.4. The lowest BCUT2D eigenvalue weighted by atomic mass is 9.85. The molecule has 0 aromatic heterocycles. The average Bonchev–Trinajstić information content (AvgIpc) is 2.77. The molecule has 0 bridgehead atoms. The first-order chi connectivity index (χ1) is 15.4. The third-order valence-electron chi connectivity index (χ3n) is 6.02. The van der Waals surface area contributed by atoms with E-state index in [1.54, 1.807) is 20.3 Å². The molecule has 0 saturated heterocycles. The average molecular weight is 446 g/mol. The number of fused-ring (bicyclic) bond motifs is 1. The Morgan fingerprint density at radius 1 is 1.12 bits per heavy atom. The van der Waals surface area contributed by atoms with Gasteiger partial charge >= 0.3 is 0 Å². The summed E-state index contributed by atoms with van der Waals surface area (Å²) in [5.74, 6) is 0.0800. The molecule has 0 unspecified atom stereocenters. The minimum Gasteiger partial charge on any atom is -0.493 e. The molecule has 0 amide bonds. The fraction of sp³-hybridized carbons (Fsp3) is 0.462. The van der Waals surface area contributed by atoms with Crippen LogP contribution in [0.3, 0.4) is 0 Å². The van der Waals surface area contributed by atoms with Gasteiger partial charge in [0.25, 0.3) is 0 Å². The Morgan fingerprint density at radius 2 is 1.88 bits per heavy atom. The van der Waals surface area contributed by atoms with Crippen LogP contribution >= 0.6 is 0 Å². The van der Waals surface area contributed by atoms with Crippen molar-refractivity contribution in [3.63, 3.8) is 0 Å². The molecule has 6 heteroatoms. The second-order valence-corrected chi connectivity index (χ2v) is 8.35. The van der Waals surface area contributed by atoms with Gasteiger partial charge in [-0.3, -0.25) is 0 Å². The normalized spacial score (nSPS) is 19.1. The van der Waals surface area contributed by atoms with Crippen molar-refractivity contribution in [2.75, 3.05) is 14.2 Å². The zero-order valence-corrected chi connectivity index (χ0v) is 19.0. The highest BCUT2D eigenvalue weighted by Crippen LogP contribution is 2.38. The van der Waals surface area contributed by atoms with E-state index in [2.05, 4.69) is 12.2 Å². The summed E-state index contributed by atoms with van der Waals surface area (Å²) >= 11 is 0. The van der Waals surface area contributed by atoms with Crippen LogP contribution in [0.1, 0.15) is 61.8 Å². The van der Waals surface area contributed by atoms with Gasteiger partial charge in [0.05, 0.1) is 20.3 Å². The number of halogens is 2. The first-order valence-electron chi connectivity index (χ1n) is 11.3. The van der Waals surface area contributed by atoms with Crippen LogP contribution < -0.4 is 14.8 Å². The number of ether oxygens (including phenoxy) is 2. The maximum atomic E-state index is 13.9. The number of aliphatic hydroxyl groups excluding tert-OH is 1. The van der Waals surface area contributed by atoms with Gasteiger partial charge in [-0.25, -0.2) is 8.78 Å². The Kier molecular flexibility index (Phi) is 8.65. The summed E-state index contributed by atoms with van der Waals surface area (Å²) in [5.41, 5.74) is 2.51. The first kappa shape index (κ1) is 24.2. The van der Waals surface area contributed by atoms with Crippen molar-refractivity contribution < 1.29 is 23.4 Å².